The number of nitrogens with zero attached hydrogens (tertiary/aromatic N) is 1. The number of halogens is 6. The molecule has 0 aliphatic heterocycles. The van der Waals surface area contributed by atoms with Crippen LogP contribution in [0.2, 0.25) is 0 Å². The first-order valence-corrected chi connectivity index (χ1v) is 10.2. The Morgan fingerprint density at radius 2 is 1.22 bits per heavy atom. The van der Waals surface area contributed by atoms with E-state index in [4.69, 9.17) is 0 Å². The molecule has 0 aromatic heterocycles. The minimum absolute atomic E-state index is 0.696. The second-order valence-corrected chi connectivity index (χ2v) is 8.97. The quantitative estimate of drug-likeness (QED) is 0.433. The molecule has 0 aliphatic carbocycles. The molecule has 0 radical (unpaired) electrons. The van der Waals surface area contributed by atoms with E-state index in [1.807, 2.05) is 12.2 Å². The third-order valence-electron chi connectivity index (χ3n) is 2.72. The average molecular weight is 448 g/mol. The average Bonchev–Trinajstić information content (AvgIpc) is 2.42. The van der Waals surface area contributed by atoms with Gasteiger partial charge in [-0.15, -0.1) is 13.2 Å². The van der Waals surface area contributed by atoms with Crippen molar-refractivity contribution in [1.29, 1.82) is 0 Å². The van der Waals surface area contributed by atoms with E-state index in [0.717, 1.165) is 22.9 Å². The number of alkyl halides is 6. The van der Waals surface area contributed by atoms with E-state index in [0.29, 0.717) is 6.04 Å². The molecular weight excluding hydrogens is 426 g/mol. The van der Waals surface area contributed by atoms with E-state index in [1.54, 1.807) is 0 Å². The van der Waals surface area contributed by atoms with E-state index in [1.165, 1.54) is 6.54 Å². The molecule has 27 heavy (non-hydrogen) atoms. The zero-order valence-electron chi connectivity index (χ0n) is 14.6. The van der Waals surface area contributed by atoms with Gasteiger partial charge in [0.1, 0.15) is 0 Å². The van der Waals surface area contributed by atoms with E-state index in [9.17, 15) is 43.2 Å². The molecule has 14 heteroatoms. The fourth-order valence-electron chi connectivity index (χ4n) is 1.44. The molecular formula is C13H22F6N2O4S2. The van der Waals surface area contributed by atoms with Crippen LogP contribution in [0.1, 0.15) is 26.7 Å². The minimum atomic E-state index is -6.72. The van der Waals surface area contributed by atoms with Crippen LogP contribution in [0.3, 0.4) is 0 Å². The molecule has 0 unspecified atom stereocenters. The molecule has 0 rings (SSSR count). The van der Waals surface area contributed by atoms with Gasteiger partial charge in [-0.3, -0.25) is 0 Å². The fraction of sp³-hybridized carbons (Fsp3) is 0.692. The normalized spacial score (nSPS) is 13.3. The Balaban J connectivity index is 0. The summed E-state index contributed by atoms with van der Waals surface area (Å²) >= 11 is 0. The van der Waals surface area contributed by atoms with Crippen LogP contribution >= 0.6 is 0 Å². The number of nitrogens with two attached hydrogens (primary N) is 1. The highest BCUT2D eigenvalue weighted by Crippen LogP contribution is 2.36. The Morgan fingerprint density at radius 1 is 0.889 bits per heavy atom. The standard InChI is InChI=1S/C11H21N.C2F6NO4S2/c1-5-7-11(8-6-2)9-12-10(3)4;3-1(4,5)14(10,11)9-15(12,13)2(6,7)8/h5-6,10-12H,1-2,7-9H2,3-4H3;/q;-1/p+1. The lowest BCUT2D eigenvalue weighted by Crippen LogP contribution is -2.89. The molecule has 162 valence electrons. The largest absolute Gasteiger partial charge is 0.480 e. The summed E-state index contributed by atoms with van der Waals surface area (Å²) in [5.41, 5.74) is -12.4. The van der Waals surface area contributed by atoms with Crippen LogP contribution in [0.25, 0.3) is 4.13 Å². The summed E-state index contributed by atoms with van der Waals surface area (Å²) in [4.78, 5) is 0. The predicted molar refractivity (Wildman–Crippen MR) is 88.4 cm³/mol. The summed E-state index contributed by atoms with van der Waals surface area (Å²) in [6.07, 6.45) is 6.22. The van der Waals surface area contributed by atoms with Gasteiger partial charge in [0.15, 0.2) is 20.0 Å². The Labute approximate surface area is 154 Å². The minimum Gasteiger partial charge on any atom is -0.421 e. The smallest absolute Gasteiger partial charge is 0.421 e. The van der Waals surface area contributed by atoms with Gasteiger partial charge in [0.05, 0.1) is 12.6 Å². The summed E-state index contributed by atoms with van der Waals surface area (Å²) in [6, 6.07) is 0.696. The number of hydrogen-bond donors (Lipinski definition) is 1. The van der Waals surface area contributed by atoms with Crippen molar-refractivity contribution >= 4 is 20.0 Å². The Hall–Kier alpha value is -1.12. The van der Waals surface area contributed by atoms with Crippen molar-refractivity contribution < 1.29 is 48.5 Å². The molecule has 2 N–H and O–H groups in total. The third-order valence-corrected chi connectivity index (χ3v) is 5.46. The Morgan fingerprint density at radius 3 is 1.44 bits per heavy atom. The third kappa shape index (κ3) is 11.3. The van der Waals surface area contributed by atoms with Crippen LogP contribution in [0.15, 0.2) is 25.3 Å². The molecule has 0 aromatic rings. The lowest BCUT2D eigenvalue weighted by Gasteiger charge is -2.22. The highest BCUT2D eigenvalue weighted by Gasteiger charge is 2.46. The maximum Gasteiger partial charge on any atom is 0.480 e. The topological polar surface area (TPSA) is 99.0 Å². The first-order chi connectivity index (χ1) is 11.9. The van der Waals surface area contributed by atoms with Gasteiger partial charge in [-0.1, -0.05) is 12.2 Å². The zero-order valence-corrected chi connectivity index (χ0v) is 16.2. The van der Waals surface area contributed by atoms with Crippen LogP contribution in [0, 0.1) is 5.92 Å². The lowest BCUT2D eigenvalue weighted by atomic mass is 10.0. The summed E-state index contributed by atoms with van der Waals surface area (Å²) in [6.45, 7) is 13.2. The van der Waals surface area contributed by atoms with E-state index >= 15 is 0 Å². The van der Waals surface area contributed by atoms with Crippen molar-refractivity contribution in [2.24, 2.45) is 5.92 Å². The molecule has 0 bridgehead atoms. The molecule has 0 heterocycles. The van der Waals surface area contributed by atoms with Gasteiger partial charge in [0.25, 0.3) is 0 Å². The molecule has 0 spiro atoms. The van der Waals surface area contributed by atoms with Gasteiger partial charge in [-0.2, -0.15) is 26.3 Å². The van der Waals surface area contributed by atoms with Crippen molar-refractivity contribution in [3.8, 4) is 0 Å². The van der Waals surface area contributed by atoms with Gasteiger partial charge in [0.2, 0.25) is 0 Å². The number of quaternary nitrogens is 1. The Kier molecular flexibility index (Phi) is 11.5. The zero-order chi connectivity index (χ0) is 22.1. The summed E-state index contributed by atoms with van der Waals surface area (Å²) < 4.78 is 109. The first-order valence-electron chi connectivity index (χ1n) is 7.33. The number of sulfonamides is 2. The SMILES string of the molecule is C=CCC(CC=C)C[NH2+]C(C)C.O=S(=O)([N-]S(=O)(=O)C(F)(F)F)C(F)(F)F. The summed E-state index contributed by atoms with van der Waals surface area (Å²) in [5, 5.41) is 2.37. The van der Waals surface area contributed by atoms with Crippen molar-refractivity contribution in [3.05, 3.63) is 29.4 Å². The number of allylic oxidation sites excluding steroid dienone is 2. The summed E-state index contributed by atoms with van der Waals surface area (Å²) in [7, 11) is -13.4. The van der Waals surface area contributed by atoms with Gasteiger partial charge in [0, 0.05) is 5.92 Å². The van der Waals surface area contributed by atoms with Crippen LogP contribution in [-0.2, 0) is 20.0 Å². The van der Waals surface area contributed by atoms with Gasteiger partial charge in [-0.05, 0) is 26.7 Å². The molecule has 0 saturated heterocycles. The van der Waals surface area contributed by atoms with Crippen LogP contribution in [-0.4, -0.2) is 40.4 Å². The molecule has 0 fully saturated rings. The molecule has 0 aromatic carbocycles. The first kappa shape index (κ1) is 28.1. The molecule has 0 atom stereocenters. The van der Waals surface area contributed by atoms with Crippen molar-refractivity contribution in [2.75, 3.05) is 6.54 Å². The molecule has 0 aliphatic rings. The molecule has 0 saturated carbocycles. The maximum absolute atomic E-state index is 11.4. The number of hydrogen-bond acceptors (Lipinski definition) is 4. The molecule has 6 nitrogen and oxygen atoms in total. The van der Waals surface area contributed by atoms with E-state index in [-0.39, 0.29) is 0 Å². The van der Waals surface area contributed by atoms with Gasteiger partial charge in [-0.25, -0.2) is 16.8 Å². The van der Waals surface area contributed by atoms with Crippen LogP contribution < -0.4 is 5.32 Å². The summed E-state index contributed by atoms with van der Waals surface area (Å²) in [5.74, 6) is 0.724. The lowest BCUT2D eigenvalue weighted by molar-refractivity contribution is -0.687. The Bertz CT molecular complexity index is 618. The number of rotatable bonds is 9. The van der Waals surface area contributed by atoms with Crippen molar-refractivity contribution in [2.45, 2.75) is 43.7 Å². The molecule has 0 amide bonds. The monoisotopic (exact) mass is 448 g/mol. The van der Waals surface area contributed by atoms with E-state index in [2.05, 4.69) is 32.3 Å². The highest BCUT2D eigenvalue weighted by molar-refractivity contribution is 8.13. The van der Waals surface area contributed by atoms with Gasteiger partial charge < -0.3 is 9.44 Å². The fourth-order valence-corrected chi connectivity index (χ4v) is 3.15. The van der Waals surface area contributed by atoms with Gasteiger partial charge >= 0.3 is 11.0 Å². The second kappa shape index (κ2) is 11.0. The maximum atomic E-state index is 11.4. The van der Waals surface area contributed by atoms with Crippen LogP contribution in [0.4, 0.5) is 26.3 Å². The van der Waals surface area contributed by atoms with Crippen molar-refractivity contribution in [3.63, 3.8) is 0 Å². The predicted octanol–water partition coefficient (Wildman–Crippen LogP) is 2.79. The van der Waals surface area contributed by atoms with Crippen molar-refractivity contribution in [1.82, 2.24) is 0 Å². The van der Waals surface area contributed by atoms with E-state index < -0.39 is 31.1 Å². The highest BCUT2D eigenvalue weighted by atomic mass is 32.3. The second-order valence-electron chi connectivity index (χ2n) is 5.55. The van der Waals surface area contributed by atoms with Crippen LogP contribution in [0.5, 0.6) is 0 Å².